The fraction of sp³-hybridized carbons (Fsp3) is 0.400. The summed E-state index contributed by atoms with van der Waals surface area (Å²) in [5.74, 6) is 0.476. The van der Waals surface area contributed by atoms with E-state index in [2.05, 4.69) is 10.1 Å². The molecule has 1 aromatic carbocycles. The SMILES string of the molecule is Cc1ccc(C(=O)O)cc1OCc1noc(C(C)(C)C)n1. The first-order chi connectivity index (χ1) is 9.77. The average molecular weight is 290 g/mol. The van der Waals surface area contributed by atoms with Gasteiger partial charge in [0, 0.05) is 5.41 Å². The molecule has 1 N–H and O–H groups in total. The summed E-state index contributed by atoms with van der Waals surface area (Å²) in [4.78, 5) is 15.2. The number of aromatic nitrogens is 2. The van der Waals surface area contributed by atoms with Crippen LogP contribution in [0.25, 0.3) is 0 Å². The molecule has 2 rings (SSSR count). The Morgan fingerprint density at radius 2 is 2.10 bits per heavy atom. The van der Waals surface area contributed by atoms with Crippen LogP contribution >= 0.6 is 0 Å². The molecule has 0 radical (unpaired) electrons. The number of hydrogen-bond acceptors (Lipinski definition) is 5. The van der Waals surface area contributed by atoms with Crippen LogP contribution in [0.5, 0.6) is 5.75 Å². The second kappa shape index (κ2) is 5.55. The van der Waals surface area contributed by atoms with Gasteiger partial charge in [-0.15, -0.1) is 0 Å². The zero-order chi connectivity index (χ0) is 15.6. The van der Waals surface area contributed by atoms with Gasteiger partial charge in [-0.25, -0.2) is 4.79 Å². The smallest absolute Gasteiger partial charge is 0.335 e. The van der Waals surface area contributed by atoms with Crippen LogP contribution in [0, 0.1) is 6.92 Å². The van der Waals surface area contributed by atoms with Gasteiger partial charge in [-0.1, -0.05) is 32.0 Å². The van der Waals surface area contributed by atoms with Crippen molar-refractivity contribution >= 4 is 5.97 Å². The highest BCUT2D eigenvalue weighted by atomic mass is 16.5. The number of aromatic carboxylic acids is 1. The van der Waals surface area contributed by atoms with Gasteiger partial charge >= 0.3 is 5.97 Å². The number of ether oxygens (including phenoxy) is 1. The maximum atomic E-state index is 11.0. The molecule has 0 unspecified atom stereocenters. The Balaban J connectivity index is 2.11. The number of carboxylic acids is 1. The van der Waals surface area contributed by atoms with Crippen molar-refractivity contribution in [3.8, 4) is 5.75 Å². The first-order valence-electron chi connectivity index (χ1n) is 6.57. The first-order valence-corrected chi connectivity index (χ1v) is 6.57. The quantitative estimate of drug-likeness (QED) is 0.931. The molecule has 6 nitrogen and oxygen atoms in total. The fourth-order valence-electron chi connectivity index (χ4n) is 1.65. The van der Waals surface area contributed by atoms with E-state index in [1.165, 1.54) is 12.1 Å². The molecule has 0 aliphatic rings. The van der Waals surface area contributed by atoms with Crippen molar-refractivity contribution in [3.05, 3.63) is 41.0 Å². The number of carbonyl (C=O) groups is 1. The van der Waals surface area contributed by atoms with Gasteiger partial charge in [0.25, 0.3) is 0 Å². The van der Waals surface area contributed by atoms with Crippen LogP contribution in [0.4, 0.5) is 0 Å². The summed E-state index contributed by atoms with van der Waals surface area (Å²) in [5, 5.41) is 12.8. The monoisotopic (exact) mass is 290 g/mol. The minimum atomic E-state index is -0.991. The van der Waals surface area contributed by atoms with Crippen molar-refractivity contribution in [1.82, 2.24) is 10.1 Å². The Morgan fingerprint density at radius 3 is 2.67 bits per heavy atom. The van der Waals surface area contributed by atoms with Crippen LogP contribution in [0.3, 0.4) is 0 Å². The van der Waals surface area contributed by atoms with Gasteiger partial charge < -0.3 is 14.4 Å². The van der Waals surface area contributed by atoms with E-state index in [9.17, 15) is 4.79 Å². The zero-order valence-corrected chi connectivity index (χ0v) is 12.5. The van der Waals surface area contributed by atoms with E-state index in [0.717, 1.165) is 5.56 Å². The number of rotatable bonds is 4. The van der Waals surface area contributed by atoms with Gasteiger partial charge in [0.2, 0.25) is 11.7 Å². The van der Waals surface area contributed by atoms with Gasteiger partial charge in [0.05, 0.1) is 5.56 Å². The molecule has 1 heterocycles. The minimum absolute atomic E-state index is 0.128. The number of benzene rings is 1. The molecule has 0 spiro atoms. The van der Waals surface area contributed by atoms with Gasteiger partial charge in [-0.3, -0.25) is 0 Å². The van der Waals surface area contributed by atoms with Crippen molar-refractivity contribution in [2.24, 2.45) is 0 Å². The molecule has 0 amide bonds. The number of aryl methyl sites for hydroxylation is 1. The van der Waals surface area contributed by atoms with Crippen LogP contribution in [0.2, 0.25) is 0 Å². The largest absolute Gasteiger partial charge is 0.485 e. The lowest BCUT2D eigenvalue weighted by atomic mass is 9.97. The van der Waals surface area contributed by atoms with Crippen molar-refractivity contribution in [3.63, 3.8) is 0 Å². The van der Waals surface area contributed by atoms with E-state index in [0.29, 0.717) is 17.5 Å². The van der Waals surface area contributed by atoms with Crippen LogP contribution in [0.15, 0.2) is 22.7 Å². The first kappa shape index (κ1) is 15.0. The maximum Gasteiger partial charge on any atom is 0.335 e. The third kappa shape index (κ3) is 3.59. The zero-order valence-electron chi connectivity index (χ0n) is 12.5. The molecule has 1 aromatic heterocycles. The molecule has 0 atom stereocenters. The summed E-state index contributed by atoms with van der Waals surface area (Å²) >= 11 is 0. The number of hydrogen-bond donors (Lipinski definition) is 1. The summed E-state index contributed by atoms with van der Waals surface area (Å²) in [6, 6.07) is 4.73. The van der Waals surface area contributed by atoms with E-state index in [1.54, 1.807) is 6.07 Å². The molecule has 112 valence electrons. The molecule has 0 saturated heterocycles. The lowest BCUT2D eigenvalue weighted by molar-refractivity contribution is 0.0696. The second-order valence-electron chi connectivity index (χ2n) is 5.84. The molecule has 0 fully saturated rings. The number of nitrogens with zero attached hydrogens (tertiary/aromatic N) is 2. The third-order valence-corrected chi connectivity index (χ3v) is 2.90. The summed E-state index contributed by atoms with van der Waals surface area (Å²) in [6.45, 7) is 7.91. The van der Waals surface area contributed by atoms with E-state index >= 15 is 0 Å². The average Bonchev–Trinajstić information content (AvgIpc) is 2.86. The predicted octanol–water partition coefficient (Wildman–Crippen LogP) is 2.95. The molecule has 2 aromatic rings. The molecule has 0 bridgehead atoms. The van der Waals surface area contributed by atoms with Crippen molar-refractivity contribution in [1.29, 1.82) is 0 Å². The van der Waals surface area contributed by atoms with Crippen LogP contribution < -0.4 is 4.74 Å². The Morgan fingerprint density at radius 1 is 1.38 bits per heavy atom. The van der Waals surface area contributed by atoms with Gasteiger partial charge in [0.1, 0.15) is 5.75 Å². The minimum Gasteiger partial charge on any atom is -0.485 e. The molecule has 6 heteroatoms. The predicted molar refractivity (Wildman–Crippen MR) is 75.5 cm³/mol. The van der Waals surface area contributed by atoms with Gasteiger partial charge in [0.15, 0.2) is 6.61 Å². The Labute approximate surface area is 122 Å². The highest BCUT2D eigenvalue weighted by molar-refractivity contribution is 5.88. The van der Waals surface area contributed by atoms with Gasteiger partial charge in [-0.2, -0.15) is 4.98 Å². The third-order valence-electron chi connectivity index (χ3n) is 2.90. The number of carboxylic acid groups (broad SMARTS) is 1. The lowest BCUT2D eigenvalue weighted by Crippen LogP contribution is -2.11. The summed E-state index contributed by atoms with van der Waals surface area (Å²) < 4.78 is 10.8. The Hall–Kier alpha value is -2.37. The van der Waals surface area contributed by atoms with Crippen molar-refractivity contribution in [2.75, 3.05) is 0 Å². The molecule has 0 aliphatic carbocycles. The fourth-order valence-corrected chi connectivity index (χ4v) is 1.65. The van der Waals surface area contributed by atoms with Crippen LogP contribution in [-0.2, 0) is 12.0 Å². The molecule has 21 heavy (non-hydrogen) atoms. The Bertz CT molecular complexity index is 656. The molecule has 0 aliphatic heterocycles. The lowest BCUT2D eigenvalue weighted by Gasteiger charge is -2.10. The topological polar surface area (TPSA) is 85.5 Å². The molecule has 0 saturated carbocycles. The highest BCUT2D eigenvalue weighted by Crippen LogP contribution is 2.22. The summed E-state index contributed by atoms with van der Waals surface area (Å²) in [6.07, 6.45) is 0. The van der Waals surface area contributed by atoms with E-state index < -0.39 is 5.97 Å². The van der Waals surface area contributed by atoms with Crippen molar-refractivity contribution in [2.45, 2.75) is 39.7 Å². The standard InChI is InChI=1S/C15H18N2O4/c1-9-5-6-10(13(18)19)7-11(9)20-8-12-16-14(21-17-12)15(2,3)4/h5-7H,8H2,1-4H3,(H,18,19). The highest BCUT2D eigenvalue weighted by Gasteiger charge is 2.21. The normalized spacial score (nSPS) is 11.4. The summed E-state index contributed by atoms with van der Waals surface area (Å²) in [7, 11) is 0. The second-order valence-corrected chi connectivity index (χ2v) is 5.84. The van der Waals surface area contributed by atoms with Crippen LogP contribution in [0.1, 0.15) is 48.4 Å². The Kier molecular flexibility index (Phi) is 3.97. The molecular formula is C15H18N2O4. The van der Waals surface area contributed by atoms with E-state index in [1.807, 2.05) is 27.7 Å². The van der Waals surface area contributed by atoms with E-state index in [-0.39, 0.29) is 17.6 Å². The molecular weight excluding hydrogens is 272 g/mol. The summed E-state index contributed by atoms with van der Waals surface area (Å²) in [5.41, 5.74) is 0.809. The van der Waals surface area contributed by atoms with Gasteiger partial charge in [-0.05, 0) is 24.6 Å². The van der Waals surface area contributed by atoms with Crippen molar-refractivity contribution < 1.29 is 19.2 Å². The maximum absolute atomic E-state index is 11.0. The van der Waals surface area contributed by atoms with Crippen LogP contribution in [-0.4, -0.2) is 21.2 Å². The van der Waals surface area contributed by atoms with E-state index in [4.69, 9.17) is 14.4 Å².